The molecule has 1 N–H and O–H groups in total. The number of aliphatic hydroxyl groups excluding tert-OH is 1. The lowest BCUT2D eigenvalue weighted by atomic mass is 9.94. The van der Waals surface area contributed by atoms with Crippen molar-refractivity contribution in [1.82, 2.24) is 4.90 Å². The average molecular weight is 496 g/mol. The van der Waals surface area contributed by atoms with Gasteiger partial charge in [0.1, 0.15) is 11.5 Å². The van der Waals surface area contributed by atoms with Gasteiger partial charge in [-0.05, 0) is 41.3 Å². The van der Waals surface area contributed by atoms with Crippen molar-refractivity contribution in [2.45, 2.75) is 12.6 Å². The predicted octanol–water partition coefficient (Wildman–Crippen LogP) is 4.40. The van der Waals surface area contributed by atoms with Crippen LogP contribution in [0.3, 0.4) is 0 Å². The van der Waals surface area contributed by atoms with E-state index in [1.807, 2.05) is 17.5 Å². The molecule has 8 nitrogen and oxygen atoms in total. The van der Waals surface area contributed by atoms with Gasteiger partial charge in [-0.25, -0.2) is 0 Å². The quantitative estimate of drug-likeness (QED) is 0.281. The van der Waals surface area contributed by atoms with Gasteiger partial charge >= 0.3 is 0 Å². The van der Waals surface area contributed by atoms with Crippen molar-refractivity contribution in [2.24, 2.45) is 0 Å². The number of ketones is 1. The maximum atomic E-state index is 13.3. The largest absolute Gasteiger partial charge is 0.507 e. The number of nitrogens with zero attached hydrogens (tertiary/aromatic N) is 1. The number of benzene rings is 2. The number of rotatable bonds is 8. The highest BCUT2D eigenvalue weighted by Crippen LogP contribution is 2.46. The molecule has 4 rings (SSSR count). The van der Waals surface area contributed by atoms with Crippen LogP contribution in [0.5, 0.6) is 23.0 Å². The first-order valence-corrected chi connectivity index (χ1v) is 11.6. The van der Waals surface area contributed by atoms with Crippen molar-refractivity contribution in [3.05, 3.63) is 75.5 Å². The molecule has 1 atom stereocenters. The molecule has 1 aromatic heterocycles. The van der Waals surface area contributed by atoms with Crippen LogP contribution in [-0.2, 0) is 16.1 Å². The number of methoxy groups -OCH3 is 4. The summed E-state index contributed by atoms with van der Waals surface area (Å²) in [5.74, 6) is -0.357. The molecule has 0 radical (unpaired) electrons. The first-order valence-electron chi connectivity index (χ1n) is 10.7. The lowest BCUT2D eigenvalue weighted by Crippen LogP contribution is -2.29. The van der Waals surface area contributed by atoms with E-state index < -0.39 is 17.7 Å². The molecule has 1 saturated heterocycles. The molecule has 1 amide bonds. The second-order valence-electron chi connectivity index (χ2n) is 7.67. The fraction of sp³-hybridized carbons (Fsp3) is 0.231. The summed E-state index contributed by atoms with van der Waals surface area (Å²) in [6.45, 7) is 0.187. The number of hydrogen-bond donors (Lipinski definition) is 1. The lowest BCUT2D eigenvalue weighted by Gasteiger charge is -2.26. The van der Waals surface area contributed by atoms with Crippen molar-refractivity contribution in [1.29, 1.82) is 0 Å². The lowest BCUT2D eigenvalue weighted by molar-refractivity contribution is -0.140. The van der Waals surface area contributed by atoms with E-state index in [0.29, 0.717) is 34.1 Å². The monoisotopic (exact) mass is 495 g/mol. The first-order chi connectivity index (χ1) is 16.9. The maximum absolute atomic E-state index is 13.3. The van der Waals surface area contributed by atoms with E-state index >= 15 is 0 Å². The van der Waals surface area contributed by atoms with Crippen LogP contribution in [0.25, 0.3) is 5.76 Å². The molecule has 1 fully saturated rings. The van der Waals surface area contributed by atoms with Gasteiger partial charge in [0.25, 0.3) is 11.7 Å². The molecule has 1 aliphatic heterocycles. The summed E-state index contributed by atoms with van der Waals surface area (Å²) in [4.78, 5) is 28.9. The molecule has 2 aromatic carbocycles. The molecule has 182 valence electrons. The van der Waals surface area contributed by atoms with Crippen LogP contribution in [0.2, 0.25) is 0 Å². The van der Waals surface area contributed by atoms with Crippen LogP contribution in [0.4, 0.5) is 0 Å². The van der Waals surface area contributed by atoms with E-state index in [2.05, 4.69) is 0 Å². The summed E-state index contributed by atoms with van der Waals surface area (Å²) >= 11 is 1.47. The minimum absolute atomic E-state index is 0.0506. The van der Waals surface area contributed by atoms with Gasteiger partial charge < -0.3 is 29.0 Å². The fourth-order valence-corrected chi connectivity index (χ4v) is 4.91. The van der Waals surface area contributed by atoms with Crippen LogP contribution in [0.15, 0.2) is 59.5 Å². The Balaban J connectivity index is 1.97. The number of ether oxygens (including phenoxy) is 4. The number of aliphatic hydroxyl groups is 1. The molecule has 35 heavy (non-hydrogen) atoms. The van der Waals surface area contributed by atoms with Crippen LogP contribution in [-0.4, -0.2) is 50.1 Å². The van der Waals surface area contributed by atoms with E-state index in [0.717, 1.165) is 4.88 Å². The van der Waals surface area contributed by atoms with E-state index in [1.165, 1.54) is 44.7 Å². The SMILES string of the molecule is COc1ccccc1/C(O)=C1\C(=O)C(=O)N(Cc2cccs2)C1c1cc(OC)c(OC)c(OC)c1. The molecular weight excluding hydrogens is 470 g/mol. The second kappa shape index (κ2) is 10.1. The zero-order valence-electron chi connectivity index (χ0n) is 19.7. The molecular formula is C26H25NO7S. The molecule has 0 aliphatic carbocycles. The number of hydrogen-bond acceptors (Lipinski definition) is 8. The average Bonchev–Trinajstić information content (AvgIpc) is 3.49. The van der Waals surface area contributed by atoms with E-state index in [9.17, 15) is 14.7 Å². The van der Waals surface area contributed by atoms with Crippen LogP contribution < -0.4 is 18.9 Å². The van der Waals surface area contributed by atoms with E-state index in [4.69, 9.17) is 18.9 Å². The summed E-state index contributed by atoms with van der Waals surface area (Å²) in [7, 11) is 5.93. The molecule has 0 saturated carbocycles. The topological polar surface area (TPSA) is 94.5 Å². The van der Waals surface area contributed by atoms with Gasteiger partial charge in [-0.1, -0.05) is 18.2 Å². The summed E-state index contributed by atoms with van der Waals surface area (Å²) in [6.07, 6.45) is 0. The Kier molecular flexibility index (Phi) is 6.97. The minimum Gasteiger partial charge on any atom is -0.507 e. The summed E-state index contributed by atoms with van der Waals surface area (Å²) in [5, 5.41) is 13.3. The zero-order chi connectivity index (χ0) is 25.1. The molecule has 9 heteroatoms. The van der Waals surface area contributed by atoms with Gasteiger partial charge in [0, 0.05) is 4.88 Å². The van der Waals surface area contributed by atoms with Crippen LogP contribution in [0, 0.1) is 0 Å². The number of carbonyl (C=O) groups excluding carboxylic acids is 2. The smallest absolute Gasteiger partial charge is 0.295 e. The first kappa shape index (κ1) is 24.2. The second-order valence-corrected chi connectivity index (χ2v) is 8.70. The molecule has 3 aromatic rings. The zero-order valence-corrected chi connectivity index (χ0v) is 20.5. The van der Waals surface area contributed by atoms with Crippen molar-refractivity contribution in [2.75, 3.05) is 28.4 Å². The third kappa shape index (κ3) is 4.30. The van der Waals surface area contributed by atoms with Gasteiger partial charge in [-0.2, -0.15) is 0 Å². The molecule has 1 aliphatic rings. The molecule has 2 heterocycles. The minimum atomic E-state index is -0.907. The highest BCUT2D eigenvalue weighted by Gasteiger charge is 2.47. The number of para-hydroxylation sites is 1. The van der Waals surface area contributed by atoms with Crippen LogP contribution >= 0.6 is 11.3 Å². The van der Waals surface area contributed by atoms with Crippen molar-refractivity contribution in [3.8, 4) is 23.0 Å². The highest BCUT2D eigenvalue weighted by atomic mass is 32.1. The Morgan fingerprint density at radius 1 is 0.914 bits per heavy atom. The molecule has 0 spiro atoms. The van der Waals surface area contributed by atoms with E-state index in [1.54, 1.807) is 36.4 Å². The Morgan fingerprint density at radius 3 is 2.14 bits per heavy atom. The van der Waals surface area contributed by atoms with E-state index in [-0.39, 0.29) is 17.9 Å². The third-order valence-corrected chi connectivity index (χ3v) is 6.67. The van der Waals surface area contributed by atoms with Crippen LogP contribution in [0.1, 0.15) is 22.0 Å². The standard InChI is InChI=1S/C26H25NO7S/c1-31-18-10-6-5-9-17(18)23(28)21-22(15-12-19(32-2)25(34-4)20(13-15)33-3)27(26(30)24(21)29)14-16-8-7-11-35-16/h5-13,22,28H,14H2,1-4H3/b23-21+. The number of thiophene rings is 1. The summed E-state index contributed by atoms with van der Waals surface area (Å²) in [5.41, 5.74) is 0.776. The third-order valence-electron chi connectivity index (χ3n) is 5.81. The Labute approximate surface area is 206 Å². The molecule has 1 unspecified atom stereocenters. The van der Waals surface area contributed by atoms with Gasteiger partial charge in [-0.15, -0.1) is 11.3 Å². The highest BCUT2D eigenvalue weighted by molar-refractivity contribution is 7.09. The Morgan fingerprint density at radius 2 is 1.57 bits per heavy atom. The number of Topliss-reactive ketones (excluding diaryl/α,β-unsaturated/α-hetero) is 1. The normalized spacial score (nSPS) is 16.9. The number of carbonyl (C=O) groups is 2. The van der Waals surface area contributed by atoms with Gasteiger partial charge in [0.2, 0.25) is 5.75 Å². The predicted molar refractivity (Wildman–Crippen MR) is 131 cm³/mol. The molecule has 0 bridgehead atoms. The van der Waals surface area contributed by atoms with Gasteiger partial charge in [-0.3, -0.25) is 9.59 Å². The van der Waals surface area contributed by atoms with Gasteiger partial charge in [0.05, 0.1) is 52.2 Å². The Hall–Kier alpha value is -3.98. The summed E-state index contributed by atoms with van der Waals surface area (Å²) < 4.78 is 21.8. The Bertz CT molecular complexity index is 1260. The number of likely N-dealkylation sites (tertiary alicyclic amines) is 1. The van der Waals surface area contributed by atoms with Crippen molar-refractivity contribution < 1.29 is 33.6 Å². The van der Waals surface area contributed by atoms with Gasteiger partial charge in [0.15, 0.2) is 11.5 Å². The van der Waals surface area contributed by atoms with Crippen molar-refractivity contribution >= 4 is 28.8 Å². The van der Waals surface area contributed by atoms with Crippen molar-refractivity contribution in [3.63, 3.8) is 0 Å². The maximum Gasteiger partial charge on any atom is 0.295 e. The summed E-state index contributed by atoms with van der Waals surface area (Å²) in [6, 6.07) is 13.0. The fourth-order valence-electron chi connectivity index (χ4n) is 4.20. The number of amides is 1.